The van der Waals surface area contributed by atoms with Gasteiger partial charge in [0.2, 0.25) is 0 Å². The van der Waals surface area contributed by atoms with E-state index in [1.165, 1.54) is 24.8 Å². The van der Waals surface area contributed by atoms with Crippen molar-refractivity contribution in [2.45, 2.75) is 32.2 Å². The van der Waals surface area contributed by atoms with Crippen molar-refractivity contribution < 1.29 is 0 Å². The second kappa shape index (κ2) is 8.16. The molecule has 0 aliphatic carbocycles. The van der Waals surface area contributed by atoms with Crippen LogP contribution in [0.3, 0.4) is 0 Å². The van der Waals surface area contributed by atoms with Crippen LogP contribution in [0.2, 0.25) is 5.02 Å². The molecule has 2 nitrogen and oxygen atoms in total. The number of nitrogens with zero attached hydrogens (tertiary/aromatic N) is 1. The first-order valence-electron chi connectivity index (χ1n) is 6.45. The molecule has 0 aromatic heterocycles. The summed E-state index contributed by atoms with van der Waals surface area (Å²) in [6.07, 6.45) is 3.71. The average molecular weight is 334 g/mol. The van der Waals surface area contributed by atoms with Crippen LogP contribution in [0.5, 0.6) is 0 Å². The minimum absolute atomic E-state index is 0.218. The molecule has 0 amide bonds. The number of halogens is 2. The van der Waals surface area contributed by atoms with Gasteiger partial charge in [0.15, 0.2) is 0 Å². The summed E-state index contributed by atoms with van der Waals surface area (Å²) in [5.74, 6) is 0. The van der Waals surface area contributed by atoms with Gasteiger partial charge in [-0.25, -0.2) is 0 Å². The summed E-state index contributed by atoms with van der Waals surface area (Å²) in [7, 11) is 2.13. The highest BCUT2D eigenvalue weighted by molar-refractivity contribution is 9.10. The Hall–Kier alpha value is -0.0900. The van der Waals surface area contributed by atoms with E-state index in [9.17, 15) is 0 Å². The second-order valence-corrected chi connectivity index (χ2v) is 5.90. The zero-order chi connectivity index (χ0) is 13.5. The van der Waals surface area contributed by atoms with Gasteiger partial charge < -0.3 is 5.73 Å². The van der Waals surface area contributed by atoms with E-state index in [1.54, 1.807) is 0 Å². The third-order valence-corrected chi connectivity index (χ3v) is 4.14. The fraction of sp³-hybridized carbons (Fsp3) is 0.571. The zero-order valence-corrected chi connectivity index (χ0v) is 13.5. The van der Waals surface area contributed by atoms with E-state index in [0.717, 1.165) is 16.0 Å². The minimum Gasteiger partial charge on any atom is -0.329 e. The predicted molar refractivity (Wildman–Crippen MR) is 83.1 cm³/mol. The molecule has 0 fully saturated rings. The monoisotopic (exact) mass is 332 g/mol. The Labute approximate surface area is 124 Å². The molecule has 0 aliphatic rings. The van der Waals surface area contributed by atoms with Crippen molar-refractivity contribution in [2.75, 3.05) is 20.1 Å². The summed E-state index contributed by atoms with van der Waals surface area (Å²) in [5, 5.41) is 0.758. The highest BCUT2D eigenvalue weighted by Crippen LogP contribution is 2.29. The van der Waals surface area contributed by atoms with Gasteiger partial charge in [0.1, 0.15) is 0 Å². The van der Waals surface area contributed by atoms with E-state index in [4.69, 9.17) is 17.3 Å². The van der Waals surface area contributed by atoms with Crippen LogP contribution in [0.1, 0.15) is 37.8 Å². The van der Waals surface area contributed by atoms with Gasteiger partial charge in [-0.2, -0.15) is 0 Å². The van der Waals surface area contributed by atoms with Gasteiger partial charge in [-0.05, 0) is 43.8 Å². The summed E-state index contributed by atoms with van der Waals surface area (Å²) in [4.78, 5) is 2.31. The maximum Gasteiger partial charge on any atom is 0.0479 e. The van der Waals surface area contributed by atoms with Gasteiger partial charge >= 0.3 is 0 Å². The Morgan fingerprint density at radius 1 is 1.39 bits per heavy atom. The van der Waals surface area contributed by atoms with Crippen LogP contribution in [0.4, 0.5) is 0 Å². The molecule has 0 spiro atoms. The lowest BCUT2D eigenvalue weighted by atomic mass is 10.1. The molecular weight excluding hydrogens is 312 g/mol. The SMILES string of the molecule is CCCCCN(C)C(CN)c1cc(Cl)ccc1Br. The minimum atomic E-state index is 0.218. The van der Waals surface area contributed by atoms with E-state index in [2.05, 4.69) is 34.8 Å². The molecule has 1 atom stereocenters. The molecule has 102 valence electrons. The summed E-state index contributed by atoms with van der Waals surface area (Å²) in [5.41, 5.74) is 7.09. The first kappa shape index (κ1) is 16.0. The number of likely N-dealkylation sites (N-methyl/N-ethyl adjacent to an activating group) is 1. The molecule has 0 bridgehead atoms. The Balaban J connectivity index is 2.78. The van der Waals surface area contributed by atoms with Crippen molar-refractivity contribution in [3.05, 3.63) is 33.3 Å². The lowest BCUT2D eigenvalue weighted by Crippen LogP contribution is -2.31. The number of hydrogen-bond acceptors (Lipinski definition) is 2. The smallest absolute Gasteiger partial charge is 0.0479 e. The molecule has 4 heteroatoms. The highest BCUT2D eigenvalue weighted by Gasteiger charge is 2.17. The highest BCUT2D eigenvalue weighted by atomic mass is 79.9. The summed E-state index contributed by atoms with van der Waals surface area (Å²) < 4.78 is 1.07. The fourth-order valence-corrected chi connectivity index (χ4v) is 2.77. The predicted octanol–water partition coefficient (Wildman–Crippen LogP) is 4.22. The summed E-state index contributed by atoms with van der Waals surface area (Å²) in [6.45, 7) is 3.88. The average Bonchev–Trinajstić information content (AvgIpc) is 2.35. The molecule has 0 saturated carbocycles. The Morgan fingerprint density at radius 3 is 2.72 bits per heavy atom. The number of hydrogen-bond donors (Lipinski definition) is 1. The Kier molecular flexibility index (Phi) is 7.23. The van der Waals surface area contributed by atoms with E-state index >= 15 is 0 Å². The van der Waals surface area contributed by atoms with Crippen LogP contribution < -0.4 is 5.73 Å². The van der Waals surface area contributed by atoms with E-state index in [0.29, 0.717) is 6.54 Å². The molecule has 0 saturated heterocycles. The molecule has 1 aromatic carbocycles. The third-order valence-electron chi connectivity index (χ3n) is 3.19. The van der Waals surface area contributed by atoms with Gasteiger partial charge in [0, 0.05) is 22.1 Å². The van der Waals surface area contributed by atoms with E-state index < -0.39 is 0 Å². The first-order chi connectivity index (χ1) is 8.60. The molecule has 1 rings (SSSR count). The Bertz CT molecular complexity index is 371. The molecule has 2 N–H and O–H groups in total. The van der Waals surface area contributed by atoms with Crippen LogP contribution in [-0.2, 0) is 0 Å². The molecule has 1 aromatic rings. The topological polar surface area (TPSA) is 29.3 Å². The van der Waals surface area contributed by atoms with Crippen molar-refractivity contribution in [1.82, 2.24) is 4.90 Å². The molecular formula is C14H22BrClN2. The quantitative estimate of drug-likeness (QED) is 0.757. The second-order valence-electron chi connectivity index (χ2n) is 4.61. The lowest BCUT2D eigenvalue weighted by molar-refractivity contribution is 0.244. The van der Waals surface area contributed by atoms with Crippen LogP contribution in [0.25, 0.3) is 0 Å². The molecule has 0 aliphatic heterocycles. The summed E-state index contributed by atoms with van der Waals surface area (Å²) in [6, 6.07) is 6.09. The van der Waals surface area contributed by atoms with Crippen molar-refractivity contribution in [1.29, 1.82) is 0 Å². The van der Waals surface area contributed by atoms with E-state index in [-0.39, 0.29) is 6.04 Å². The lowest BCUT2D eigenvalue weighted by Gasteiger charge is -2.28. The largest absolute Gasteiger partial charge is 0.329 e. The Morgan fingerprint density at radius 2 is 2.11 bits per heavy atom. The van der Waals surface area contributed by atoms with Gasteiger partial charge in [-0.3, -0.25) is 4.90 Å². The van der Waals surface area contributed by atoms with Crippen LogP contribution >= 0.6 is 27.5 Å². The van der Waals surface area contributed by atoms with Gasteiger partial charge in [0.05, 0.1) is 0 Å². The standard InChI is InChI=1S/C14H22BrClN2/c1-3-4-5-8-18(2)14(10-17)12-9-11(16)6-7-13(12)15/h6-7,9,14H,3-5,8,10,17H2,1-2H3. The van der Waals surface area contributed by atoms with Crippen molar-refractivity contribution >= 4 is 27.5 Å². The molecule has 0 radical (unpaired) electrons. The van der Waals surface area contributed by atoms with E-state index in [1.807, 2.05) is 18.2 Å². The van der Waals surface area contributed by atoms with Gasteiger partial charge in [0.25, 0.3) is 0 Å². The number of nitrogens with two attached hydrogens (primary N) is 1. The maximum atomic E-state index is 6.07. The van der Waals surface area contributed by atoms with Gasteiger partial charge in [-0.15, -0.1) is 0 Å². The van der Waals surface area contributed by atoms with Crippen LogP contribution in [0, 0.1) is 0 Å². The first-order valence-corrected chi connectivity index (χ1v) is 7.62. The zero-order valence-electron chi connectivity index (χ0n) is 11.1. The fourth-order valence-electron chi connectivity index (χ4n) is 2.08. The van der Waals surface area contributed by atoms with Crippen molar-refractivity contribution in [2.24, 2.45) is 5.73 Å². The molecule has 1 unspecified atom stereocenters. The van der Waals surface area contributed by atoms with Crippen LogP contribution in [-0.4, -0.2) is 25.0 Å². The van der Waals surface area contributed by atoms with Gasteiger partial charge in [-0.1, -0.05) is 47.3 Å². The molecule has 18 heavy (non-hydrogen) atoms. The molecule has 0 heterocycles. The number of benzene rings is 1. The normalized spacial score (nSPS) is 13.0. The third kappa shape index (κ3) is 4.54. The number of unbranched alkanes of at least 4 members (excludes halogenated alkanes) is 2. The van der Waals surface area contributed by atoms with Crippen molar-refractivity contribution in [3.8, 4) is 0 Å². The van der Waals surface area contributed by atoms with Crippen molar-refractivity contribution in [3.63, 3.8) is 0 Å². The van der Waals surface area contributed by atoms with Crippen LogP contribution in [0.15, 0.2) is 22.7 Å². The number of rotatable bonds is 7. The summed E-state index contributed by atoms with van der Waals surface area (Å²) >= 11 is 9.65. The maximum absolute atomic E-state index is 6.07.